The highest BCUT2D eigenvalue weighted by atomic mass is 16.5. The summed E-state index contributed by atoms with van der Waals surface area (Å²) in [6.45, 7) is 5.15. The minimum absolute atomic E-state index is 0.383. The number of nitrogens with zero attached hydrogens (tertiary/aromatic N) is 4. The van der Waals surface area contributed by atoms with Gasteiger partial charge in [-0.3, -0.25) is 4.48 Å². The molecule has 2 heterocycles. The number of hydrogen-bond acceptors (Lipinski definition) is 4. The average molecular weight is 366 g/mol. The van der Waals surface area contributed by atoms with E-state index in [1.807, 2.05) is 36.5 Å². The van der Waals surface area contributed by atoms with Gasteiger partial charge in [-0.1, -0.05) is 12.1 Å². The minimum atomic E-state index is 0.383. The molecule has 0 radical (unpaired) electrons. The number of nitriles is 1. The summed E-state index contributed by atoms with van der Waals surface area (Å²) in [6, 6.07) is 12.5. The van der Waals surface area contributed by atoms with Gasteiger partial charge in [-0.15, -0.1) is 0 Å². The molecule has 1 aliphatic rings. The third-order valence-corrected chi connectivity index (χ3v) is 5.31. The van der Waals surface area contributed by atoms with Crippen molar-refractivity contribution in [2.45, 2.75) is 26.5 Å². The van der Waals surface area contributed by atoms with Crippen LogP contribution in [0, 0.1) is 11.3 Å². The fraction of sp³-hybridized carbons (Fsp3) is 0.381. The summed E-state index contributed by atoms with van der Waals surface area (Å²) < 4.78 is 13.8. The number of aromatic nitrogens is 1. The summed E-state index contributed by atoms with van der Waals surface area (Å²) in [5.74, 6) is 1.50. The maximum Gasteiger partial charge on any atom is 0.295 e. The Morgan fingerprint density at radius 1 is 1.26 bits per heavy atom. The molecule has 0 saturated heterocycles. The highest BCUT2D eigenvalue weighted by molar-refractivity contribution is 5.62. The molecule has 2 aromatic rings. The van der Waals surface area contributed by atoms with Crippen molar-refractivity contribution in [2.24, 2.45) is 5.11 Å². The van der Waals surface area contributed by atoms with Crippen LogP contribution in [0.5, 0.6) is 11.5 Å². The second-order valence-electron chi connectivity index (χ2n) is 7.42. The van der Waals surface area contributed by atoms with Crippen molar-refractivity contribution in [1.82, 2.24) is 4.48 Å². The first-order valence-corrected chi connectivity index (χ1v) is 9.00. The molecule has 0 fully saturated rings. The van der Waals surface area contributed by atoms with E-state index in [-0.39, 0.29) is 0 Å². The number of rotatable bonds is 6. The third-order valence-electron chi connectivity index (χ3n) is 5.31. The van der Waals surface area contributed by atoms with Gasteiger partial charge in [0.2, 0.25) is 11.4 Å². The van der Waals surface area contributed by atoms with Crippen molar-refractivity contribution < 1.29 is 13.8 Å². The van der Waals surface area contributed by atoms with Crippen LogP contribution in [0.25, 0.3) is 5.57 Å². The Balaban J connectivity index is 2.02. The molecular formula is C21H26N4O2+2. The van der Waals surface area contributed by atoms with Crippen LogP contribution in [0.1, 0.15) is 19.4 Å². The number of pyridine rings is 1. The van der Waals surface area contributed by atoms with Gasteiger partial charge in [-0.25, -0.2) is 0 Å². The van der Waals surface area contributed by atoms with Crippen molar-refractivity contribution in [3.63, 3.8) is 0 Å². The fourth-order valence-corrected chi connectivity index (χ4v) is 2.86. The van der Waals surface area contributed by atoms with E-state index in [1.165, 1.54) is 0 Å². The second-order valence-corrected chi connectivity index (χ2v) is 7.42. The zero-order valence-electron chi connectivity index (χ0n) is 16.6. The van der Waals surface area contributed by atoms with Crippen molar-refractivity contribution in [3.8, 4) is 17.6 Å². The predicted octanol–water partition coefficient (Wildman–Crippen LogP) is 2.26. The summed E-state index contributed by atoms with van der Waals surface area (Å²) in [5, 5.41) is 14.7. The highest BCUT2D eigenvalue weighted by Gasteiger charge is 2.30. The molecule has 3 rings (SSSR count). The van der Waals surface area contributed by atoms with E-state index in [0.717, 1.165) is 22.3 Å². The molecule has 1 aromatic heterocycles. The van der Waals surface area contributed by atoms with Crippen LogP contribution < -0.4 is 23.7 Å². The molecule has 0 N–H and O–H groups in total. The predicted molar refractivity (Wildman–Crippen MR) is 104 cm³/mol. The maximum absolute atomic E-state index is 9.46. The first-order valence-electron chi connectivity index (χ1n) is 9.00. The Kier molecular flexibility index (Phi) is 5.15. The van der Waals surface area contributed by atoms with E-state index < -0.39 is 0 Å². The number of fused-ring (bicyclic) bond motifs is 1. The van der Waals surface area contributed by atoms with E-state index in [0.29, 0.717) is 35.0 Å². The van der Waals surface area contributed by atoms with E-state index >= 15 is 0 Å². The monoisotopic (exact) mass is 366 g/mol. The molecule has 27 heavy (non-hydrogen) atoms. The van der Waals surface area contributed by atoms with Gasteiger partial charge in [-0.2, -0.15) is 5.26 Å². The molecule has 0 bridgehead atoms. The van der Waals surface area contributed by atoms with Crippen LogP contribution >= 0.6 is 0 Å². The van der Waals surface area contributed by atoms with Gasteiger partial charge in [0.25, 0.3) is 11.5 Å². The van der Waals surface area contributed by atoms with E-state index in [1.54, 1.807) is 11.5 Å². The first-order chi connectivity index (χ1) is 12.9. The third kappa shape index (κ3) is 3.64. The van der Waals surface area contributed by atoms with Crippen LogP contribution in [-0.2, 0) is 6.61 Å². The molecule has 6 nitrogen and oxygen atoms in total. The quantitative estimate of drug-likeness (QED) is 0.582. The van der Waals surface area contributed by atoms with Gasteiger partial charge in [0.1, 0.15) is 30.5 Å². The maximum atomic E-state index is 9.46. The first kappa shape index (κ1) is 18.9. The minimum Gasteiger partial charge on any atom is -0.497 e. The van der Waals surface area contributed by atoms with Crippen molar-refractivity contribution in [2.75, 3.05) is 27.7 Å². The molecule has 0 spiro atoms. The zero-order valence-corrected chi connectivity index (χ0v) is 16.6. The largest absolute Gasteiger partial charge is 0.497 e. The van der Waals surface area contributed by atoms with Crippen molar-refractivity contribution in [1.29, 1.82) is 5.26 Å². The van der Waals surface area contributed by atoms with Gasteiger partial charge in [0, 0.05) is 0 Å². The van der Waals surface area contributed by atoms with Crippen LogP contribution in [0.3, 0.4) is 0 Å². The Hall–Kier alpha value is -2.91. The lowest BCUT2D eigenvalue weighted by Gasteiger charge is -2.32. The molecule has 1 aliphatic heterocycles. The number of ether oxygens (including phenoxy) is 2. The van der Waals surface area contributed by atoms with Crippen LogP contribution in [0.2, 0.25) is 0 Å². The highest BCUT2D eigenvalue weighted by Crippen LogP contribution is 2.24. The average Bonchev–Trinajstić information content (AvgIpc) is 3.09. The SMILES string of the molecule is COc1ccc(COc2cc([N+](C)(C)C(C)C)c[n+]3c2=C(C#N)CN=3)cc1. The zero-order chi connectivity index (χ0) is 19.6. The molecule has 0 atom stereocenters. The molecule has 1 aromatic carbocycles. The van der Waals surface area contributed by atoms with Crippen molar-refractivity contribution in [3.05, 3.63) is 47.4 Å². The summed E-state index contributed by atoms with van der Waals surface area (Å²) in [7, 11) is 5.96. The normalized spacial score (nSPS) is 13.1. The second kappa shape index (κ2) is 7.37. The van der Waals surface area contributed by atoms with Crippen LogP contribution in [0.4, 0.5) is 5.69 Å². The summed E-state index contributed by atoms with van der Waals surface area (Å²) >= 11 is 0. The van der Waals surface area contributed by atoms with E-state index in [4.69, 9.17) is 9.47 Å². The van der Waals surface area contributed by atoms with Gasteiger partial charge in [-0.05, 0) is 41.0 Å². The van der Waals surface area contributed by atoms with Gasteiger partial charge in [0.15, 0.2) is 0 Å². The number of hydrogen-bond donors (Lipinski definition) is 0. The summed E-state index contributed by atoms with van der Waals surface area (Å²) in [4.78, 5) is 0. The molecule has 0 amide bonds. The van der Waals surface area contributed by atoms with Gasteiger partial charge >= 0.3 is 0 Å². The standard InChI is InChI=1S/C21H26N4O2/c1-15(2)25(3,4)18-10-20(21-17(11-22)12-23-24(21)13-18)27-14-16-6-8-19(26-5)9-7-16/h6-10,13,15H,12,14H2,1-5H3/q+2. The van der Waals surface area contributed by atoms with Gasteiger partial charge in [0.05, 0.1) is 33.3 Å². The van der Waals surface area contributed by atoms with E-state index in [9.17, 15) is 5.26 Å². The summed E-state index contributed by atoms with van der Waals surface area (Å²) in [6.07, 6.45) is 2.00. The number of benzene rings is 1. The van der Waals surface area contributed by atoms with E-state index in [2.05, 4.69) is 39.1 Å². The lowest BCUT2D eigenvalue weighted by Crippen LogP contribution is -2.49. The Bertz CT molecular complexity index is 1000. The molecule has 0 aliphatic carbocycles. The Morgan fingerprint density at radius 3 is 2.56 bits per heavy atom. The smallest absolute Gasteiger partial charge is 0.295 e. The summed E-state index contributed by atoms with van der Waals surface area (Å²) in [5.41, 5.74) is 2.74. The molecule has 140 valence electrons. The topological polar surface area (TPSA) is 60.5 Å². The lowest BCUT2D eigenvalue weighted by atomic mass is 10.2. The Labute approximate surface area is 159 Å². The fourth-order valence-electron chi connectivity index (χ4n) is 2.86. The number of methoxy groups -OCH3 is 1. The molecule has 0 unspecified atom stereocenters. The molecular weight excluding hydrogens is 340 g/mol. The molecule has 0 saturated carbocycles. The van der Waals surface area contributed by atoms with Gasteiger partial charge < -0.3 is 9.47 Å². The van der Waals surface area contributed by atoms with Crippen LogP contribution in [0.15, 0.2) is 41.6 Å². The number of quaternary nitrogens is 1. The molecule has 6 heteroatoms. The van der Waals surface area contributed by atoms with Crippen LogP contribution in [-0.4, -0.2) is 33.8 Å². The lowest BCUT2D eigenvalue weighted by molar-refractivity contribution is -0.557. The Morgan fingerprint density at radius 2 is 1.96 bits per heavy atom. The van der Waals surface area contributed by atoms with Crippen molar-refractivity contribution >= 4 is 11.3 Å².